The molecule has 0 aliphatic heterocycles. The molecule has 4 N–H and O–H groups in total. The van der Waals surface area contributed by atoms with Crippen molar-refractivity contribution < 1.29 is 9.53 Å². The molecule has 0 rings (SSSR count). The molecule has 0 saturated heterocycles. The van der Waals surface area contributed by atoms with Crippen LogP contribution in [0.4, 0.5) is 4.79 Å². The van der Waals surface area contributed by atoms with Crippen LogP contribution in [0, 0.1) is 5.41 Å². The maximum absolute atomic E-state index is 11.1. The van der Waals surface area contributed by atoms with Crippen LogP contribution in [0.2, 0.25) is 0 Å². The molecule has 5 nitrogen and oxygen atoms in total. The summed E-state index contributed by atoms with van der Waals surface area (Å²) in [5, 5.41) is 9.46. The number of hydrogen-bond donors (Lipinski definition) is 3. The number of carbonyl (C=O) groups excluding carboxylic acids is 1. The van der Waals surface area contributed by atoms with E-state index in [0.717, 1.165) is 0 Å². The normalized spacial score (nSPS) is 13.2. The van der Waals surface area contributed by atoms with Crippen molar-refractivity contribution in [3.63, 3.8) is 0 Å². The first-order valence-electron chi connectivity index (χ1n) is 4.06. The van der Waals surface area contributed by atoms with Crippen molar-refractivity contribution in [2.45, 2.75) is 39.3 Å². The third-order valence-electron chi connectivity index (χ3n) is 1.20. The van der Waals surface area contributed by atoms with E-state index in [4.69, 9.17) is 15.9 Å². The molecule has 1 amide bonds. The third kappa shape index (κ3) is 5.95. The second kappa shape index (κ2) is 4.11. The molecule has 13 heavy (non-hydrogen) atoms. The molecule has 0 bridgehead atoms. The molecule has 0 spiro atoms. The van der Waals surface area contributed by atoms with Crippen molar-refractivity contribution >= 4 is 11.9 Å². The fourth-order valence-corrected chi connectivity index (χ4v) is 0.562. The highest BCUT2D eigenvalue weighted by atomic mass is 16.6. The van der Waals surface area contributed by atoms with E-state index in [2.05, 4.69) is 5.32 Å². The van der Waals surface area contributed by atoms with E-state index in [1.54, 1.807) is 27.7 Å². The average Bonchev–Trinajstić information content (AvgIpc) is 1.81. The van der Waals surface area contributed by atoms with E-state index in [1.807, 2.05) is 0 Å². The SMILES string of the molecule is C[C@@H](NC(=O)OC(C)(C)C)C(=N)N. The van der Waals surface area contributed by atoms with Crippen molar-refractivity contribution in [2.75, 3.05) is 0 Å². The number of hydrogen-bond acceptors (Lipinski definition) is 3. The van der Waals surface area contributed by atoms with Gasteiger partial charge in [-0.05, 0) is 27.7 Å². The van der Waals surface area contributed by atoms with Gasteiger partial charge in [0.2, 0.25) is 0 Å². The molecule has 0 unspecified atom stereocenters. The Morgan fingerprint density at radius 1 is 1.54 bits per heavy atom. The maximum Gasteiger partial charge on any atom is 0.408 e. The average molecular weight is 187 g/mol. The van der Waals surface area contributed by atoms with E-state index in [-0.39, 0.29) is 5.84 Å². The molecule has 5 heteroatoms. The highest BCUT2D eigenvalue weighted by Crippen LogP contribution is 2.06. The second-order valence-corrected chi connectivity index (χ2v) is 3.82. The Balaban J connectivity index is 3.96. The van der Waals surface area contributed by atoms with Crippen LogP contribution in [-0.4, -0.2) is 23.6 Å². The Bertz CT molecular complexity index is 208. The first-order valence-corrected chi connectivity index (χ1v) is 4.06. The first-order chi connectivity index (χ1) is 5.72. The minimum Gasteiger partial charge on any atom is -0.444 e. The lowest BCUT2D eigenvalue weighted by molar-refractivity contribution is 0.0521. The molecule has 0 aromatic heterocycles. The quantitative estimate of drug-likeness (QED) is 0.442. The zero-order valence-electron chi connectivity index (χ0n) is 8.47. The van der Waals surface area contributed by atoms with Gasteiger partial charge < -0.3 is 15.8 Å². The lowest BCUT2D eigenvalue weighted by Gasteiger charge is -2.21. The summed E-state index contributed by atoms with van der Waals surface area (Å²) in [5.74, 6) is -0.0918. The first kappa shape index (κ1) is 11.7. The van der Waals surface area contributed by atoms with E-state index in [1.165, 1.54) is 0 Å². The van der Waals surface area contributed by atoms with Crippen LogP contribution in [0.25, 0.3) is 0 Å². The summed E-state index contributed by atoms with van der Waals surface area (Å²) in [5.41, 5.74) is 4.63. The van der Waals surface area contributed by atoms with Crippen molar-refractivity contribution in [3.05, 3.63) is 0 Å². The summed E-state index contributed by atoms with van der Waals surface area (Å²) >= 11 is 0. The number of nitrogens with one attached hydrogen (secondary N) is 2. The highest BCUT2D eigenvalue weighted by Gasteiger charge is 2.18. The molecule has 0 heterocycles. The minimum absolute atomic E-state index is 0.0918. The van der Waals surface area contributed by atoms with Gasteiger partial charge in [0.1, 0.15) is 11.4 Å². The number of nitrogens with two attached hydrogens (primary N) is 1. The smallest absolute Gasteiger partial charge is 0.408 e. The van der Waals surface area contributed by atoms with Crippen LogP contribution in [0.3, 0.4) is 0 Å². The standard InChI is InChI=1S/C8H17N3O2/c1-5(6(9)10)11-7(12)13-8(2,3)4/h5H,1-4H3,(H3,9,10)(H,11,12)/t5-/m1/s1. The molecule has 1 atom stereocenters. The van der Waals surface area contributed by atoms with Gasteiger partial charge in [0.25, 0.3) is 0 Å². The van der Waals surface area contributed by atoms with Crippen LogP contribution in [0.15, 0.2) is 0 Å². The van der Waals surface area contributed by atoms with E-state index in [9.17, 15) is 4.79 Å². The van der Waals surface area contributed by atoms with Gasteiger partial charge in [0.15, 0.2) is 0 Å². The topological polar surface area (TPSA) is 88.2 Å². The molecule has 0 fully saturated rings. The van der Waals surface area contributed by atoms with Gasteiger partial charge in [0.05, 0.1) is 6.04 Å². The summed E-state index contributed by atoms with van der Waals surface area (Å²) in [7, 11) is 0. The van der Waals surface area contributed by atoms with Crippen LogP contribution in [-0.2, 0) is 4.74 Å². The van der Waals surface area contributed by atoms with Crippen molar-refractivity contribution in [1.29, 1.82) is 5.41 Å². The molecular formula is C8H17N3O2. The minimum atomic E-state index is -0.560. The van der Waals surface area contributed by atoms with E-state index >= 15 is 0 Å². The van der Waals surface area contributed by atoms with E-state index in [0.29, 0.717) is 0 Å². The number of rotatable bonds is 2. The molecule has 0 radical (unpaired) electrons. The van der Waals surface area contributed by atoms with Gasteiger partial charge in [-0.25, -0.2) is 4.79 Å². The number of amides is 1. The van der Waals surface area contributed by atoms with Crippen LogP contribution in [0.5, 0.6) is 0 Å². The number of amidine groups is 1. The zero-order chi connectivity index (χ0) is 10.6. The molecular weight excluding hydrogens is 170 g/mol. The van der Waals surface area contributed by atoms with Gasteiger partial charge in [0, 0.05) is 0 Å². The number of alkyl carbamates (subject to hydrolysis) is 1. The van der Waals surface area contributed by atoms with Crippen molar-refractivity contribution in [2.24, 2.45) is 5.73 Å². The van der Waals surface area contributed by atoms with Crippen molar-refractivity contribution in [3.8, 4) is 0 Å². The monoisotopic (exact) mass is 187 g/mol. The molecule has 76 valence electrons. The molecule has 0 saturated carbocycles. The second-order valence-electron chi connectivity index (χ2n) is 3.82. The van der Waals surface area contributed by atoms with Gasteiger partial charge >= 0.3 is 6.09 Å². The van der Waals surface area contributed by atoms with Crippen LogP contribution < -0.4 is 11.1 Å². The van der Waals surface area contributed by atoms with Gasteiger partial charge in [-0.1, -0.05) is 0 Å². The molecule has 0 aromatic rings. The Kier molecular flexibility index (Phi) is 3.71. The molecule has 0 aliphatic carbocycles. The predicted molar refractivity (Wildman–Crippen MR) is 50.7 cm³/mol. The predicted octanol–water partition coefficient (Wildman–Crippen LogP) is 0.836. The van der Waals surface area contributed by atoms with Gasteiger partial charge in [-0.2, -0.15) is 0 Å². The Hall–Kier alpha value is -1.26. The summed E-state index contributed by atoms with van der Waals surface area (Å²) in [6.07, 6.45) is -0.560. The maximum atomic E-state index is 11.1. The number of ether oxygens (including phenoxy) is 1. The fourth-order valence-electron chi connectivity index (χ4n) is 0.562. The fraction of sp³-hybridized carbons (Fsp3) is 0.750. The Morgan fingerprint density at radius 3 is 2.31 bits per heavy atom. The van der Waals surface area contributed by atoms with Crippen LogP contribution in [0.1, 0.15) is 27.7 Å². The van der Waals surface area contributed by atoms with Crippen LogP contribution >= 0.6 is 0 Å². The van der Waals surface area contributed by atoms with E-state index < -0.39 is 17.7 Å². The highest BCUT2D eigenvalue weighted by molar-refractivity contribution is 5.85. The Morgan fingerprint density at radius 2 is 2.00 bits per heavy atom. The largest absolute Gasteiger partial charge is 0.444 e. The lowest BCUT2D eigenvalue weighted by atomic mass is 10.2. The summed E-state index contributed by atoms with van der Waals surface area (Å²) in [6, 6.07) is -0.491. The Labute approximate surface area is 78.1 Å². The number of carbonyl (C=O) groups is 1. The lowest BCUT2D eigenvalue weighted by Crippen LogP contribution is -2.44. The summed E-state index contributed by atoms with van der Waals surface area (Å²) in [4.78, 5) is 11.1. The van der Waals surface area contributed by atoms with Gasteiger partial charge in [-0.3, -0.25) is 5.41 Å². The van der Waals surface area contributed by atoms with Gasteiger partial charge in [-0.15, -0.1) is 0 Å². The zero-order valence-corrected chi connectivity index (χ0v) is 8.47. The summed E-state index contributed by atoms with van der Waals surface area (Å²) in [6.45, 7) is 6.92. The third-order valence-corrected chi connectivity index (χ3v) is 1.20. The van der Waals surface area contributed by atoms with Crippen molar-refractivity contribution in [1.82, 2.24) is 5.32 Å². The molecule has 0 aliphatic rings. The summed E-state index contributed by atoms with van der Waals surface area (Å²) < 4.78 is 4.96. The molecule has 0 aromatic carbocycles.